The summed E-state index contributed by atoms with van der Waals surface area (Å²) in [5.41, 5.74) is 2.38. The minimum Gasteiger partial charge on any atom is -0.338 e. The Bertz CT molecular complexity index is 635. The summed E-state index contributed by atoms with van der Waals surface area (Å²) >= 11 is 1.69. The van der Waals surface area contributed by atoms with Crippen molar-refractivity contribution in [3.63, 3.8) is 0 Å². The van der Waals surface area contributed by atoms with Crippen molar-refractivity contribution in [2.45, 2.75) is 57.7 Å². The molecule has 0 spiro atoms. The van der Waals surface area contributed by atoms with E-state index in [0.717, 1.165) is 6.42 Å². The Labute approximate surface area is 161 Å². The summed E-state index contributed by atoms with van der Waals surface area (Å²) in [6.07, 6.45) is 0.909. The molecule has 2 rings (SSSR count). The molecular weight excluding hydrogens is 346 g/mol. The van der Waals surface area contributed by atoms with Gasteiger partial charge in [0, 0.05) is 25.7 Å². The van der Waals surface area contributed by atoms with Crippen LogP contribution in [-0.2, 0) is 4.79 Å². The zero-order valence-electron chi connectivity index (χ0n) is 16.5. The number of carbonyl (C=O) groups excluding carboxylic acids is 2. The second-order valence-corrected chi connectivity index (χ2v) is 8.46. The fourth-order valence-electron chi connectivity index (χ4n) is 3.15. The summed E-state index contributed by atoms with van der Waals surface area (Å²) in [5, 5.41) is 2.90. The summed E-state index contributed by atoms with van der Waals surface area (Å²) in [6, 6.07) is 8.26. The van der Waals surface area contributed by atoms with E-state index in [0.29, 0.717) is 19.6 Å². The van der Waals surface area contributed by atoms with Crippen molar-refractivity contribution < 1.29 is 9.59 Å². The lowest BCUT2D eigenvalue weighted by Gasteiger charge is -2.31. The molecule has 2 atom stereocenters. The van der Waals surface area contributed by atoms with Crippen LogP contribution in [0.5, 0.6) is 0 Å². The van der Waals surface area contributed by atoms with Gasteiger partial charge in [-0.05, 0) is 45.2 Å². The van der Waals surface area contributed by atoms with Crippen LogP contribution in [-0.4, -0.2) is 52.7 Å². The molecule has 1 aliphatic rings. The number of benzene rings is 1. The first-order valence-electron chi connectivity index (χ1n) is 9.42. The van der Waals surface area contributed by atoms with Gasteiger partial charge in [-0.1, -0.05) is 31.2 Å². The lowest BCUT2D eigenvalue weighted by Crippen LogP contribution is -2.48. The normalized spacial score (nSPS) is 19.9. The summed E-state index contributed by atoms with van der Waals surface area (Å²) in [5.74, 6) is 0.154. The molecule has 26 heavy (non-hydrogen) atoms. The number of hydrogen-bond acceptors (Lipinski definition) is 3. The van der Waals surface area contributed by atoms with Crippen LogP contribution in [0.1, 0.15) is 50.6 Å². The van der Waals surface area contributed by atoms with Crippen LogP contribution in [0.25, 0.3) is 0 Å². The van der Waals surface area contributed by atoms with Crippen LogP contribution in [0.3, 0.4) is 0 Å². The molecule has 1 aliphatic heterocycles. The third-order valence-electron chi connectivity index (χ3n) is 4.69. The molecule has 1 N–H and O–H groups in total. The Balaban J connectivity index is 2.12. The second kappa shape index (κ2) is 9.31. The van der Waals surface area contributed by atoms with Gasteiger partial charge < -0.3 is 15.1 Å². The summed E-state index contributed by atoms with van der Waals surface area (Å²) in [6.45, 7) is 11.9. The number of amides is 3. The summed E-state index contributed by atoms with van der Waals surface area (Å²) in [7, 11) is 0. The van der Waals surface area contributed by atoms with Crippen LogP contribution in [0.15, 0.2) is 24.3 Å². The van der Waals surface area contributed by atoms with E-state index >= 15 is 0 Å². The van der Waals surface area contributed by atoms with Crippen molar-refractivity contribution in [1.29, 1.82) is 0 Å². The Kier molecular flexibility index (Phi) is 7.38. The van der Waals surface area contributed by atoms with Gasteiger partial charge in [0.2, 0.25) is 5.91 Å². The van der Waals surface area contributed by atoms with Gasteiger partial charge in [0.15, 0.2) is 0 Å². The molecule has 0 bridgehead atoms. The third-order valence-corrected chi connectivity index (χ3v) is 6.07. The van der Waals surface area contributed by atoms with E-state index in [1.54, 1.807) is 11.8 Å². The van der Waals surface area contributed by atoms with E-state index in [2.05, 4.69) is 24.4 Å². The Morgan fingerprint density at radius 1 is 1.35 bits per heavy atom. The van der Waals surface area contributed by atoms with Gasteiger partial charge in [-0.3, -0.25) is 4.79 Å². The number of aryl methyl sites for hydroxylation is 1. The average Bonchev–Trinajstić information content (AvgIpc) is 2.88. The summed E-state index contributed by atoms with van der Waals surface area (Å²) in [4.78, 5) is 28.9. The number of nitrogens with one attached hydrogen (secondary N) is 1. The number of carbonyl (C=O) groups is 2. The molecular formula is C20H31N3O2S. The molecule has 144 valence electrons. The molecule has 6 heteroatoms. The number of urea groups is 1. The Morgan fingerprint density at radius 3 is 2.65 bits per heavy atom. The minimum atomic E-state index is -0.0546. The first-order valence-corrected chi connectivity index (χ1v) is 10.4. The van der Waals surface area contributed by atoms with E-state index in [-0.39, 0.29) is 28.6 Å². The summed E-state index contributed by atoms with van der Waals surface area (Å²) < 4.78 is 0. The minimum absolute atomic E-state index is 0.0198. The van der Waals surface area contributed by atoms with Crippen molar-refractivity contribution in [3.8, 4) is 0 Å². The standard InChI is InChI=1S/C20H31N3O2S/c1-6-11-21-20(25)22(14(2)3)12-13-23-18(24)16(5)26-19(23)17-10-8-7-9-15(17)4/h7-10,14,16,19H,6,11-13H2,1-5H3,(H,21,25)/t16-,19-/m0/s1. The molecule has 0 aliphatic carbocycles. The lowest BCUT2D eigenvalue weighted by atomic mass is 10.1. The second-order valence-electron chi connectivity index (χ2n) is 7.04. The van der Waals surface area contributed by atoms with Gasteiger partial charge in [-0.25, -0.2) is 4.79 Å². The molecule has 3 amide bonds. The molecule has 1 aromatic rings. The number of nitrogens with zero attached hydrogens (tertiary/aromatic N) is 2. The van der Waals surface area contributed by atoms with Gasteiger partial charge in [-0.15, -0.1) is 11.8 Å². The van der Waals surface area contributed by atoms with E-state index < -0.39 is 0 Å². The van der Waals surface area contributed by atoms with Crippen molar-refractivity contribution in [2.75, 3.05) is 19.6 Å². The van der Waals surface area contributed by atoms with Gasteiger partial charge >= 0.3 is 6.03 Å². The van der Waals surface area contributed by atoms with Crippen molar-refractivity contribution in [1.82, 2.24) is 15.1 Å². The van der Waals surface area contributed by atoms with Crippen molar-refractivity contribution in [2.24, 2.45) is 0 Å². The predicted octanol–water partition coefficient (Wildman–Crippen LogP) is 3.79. The molecule has 0 saturated carbocycles. The molecule has 0 radical (unpaired) electrons. The highest BCUT2D eigenvalue weighted by Crippen LogP contribution is 2.43. The van der Waals surface area contributed by atoms with Gasteiger partial charge in [-0.2, -0.15) is 0 Å². The van der Waals surface area contributed by atoms with Gasteiger partial charge in [0.05, 0.1) is 5.25 Å². The number of thioether (sulfide) groups is 1. The van der Waals surface area contributed by atoms with Crippen LogP contribution in [0.2, 0.25) is 0 Å². The predicted molar refractivity (Wildman–Crippen MR) is 108 cm³/mol. The SMILES string of the molecule is CCCNC(=O)N(CCN1C(=O)[C@H](C)S[C@H]1c1ccccc1C)C(C)C. The largest absolute Gasteiger partial charge is 0.338 e. The van der Waals surface area contributed by atoms with Crippen LogP contribution in [0, 0.1) is 6.92 Å². The first-order chi connectivity index (χ1) is 12.4. The Hall–Kier alpha value is -1.69. The third kappa shape index (κ3) is 4.72. The molecule has 1 heterocycles. The van der Waals surface area contributed by atoms with Crippen molar-refractivity contribution in [3.05, 3.63) is 35.4 Å². The lowest BCUT2D eigenvalue weighted by molar-refractivity contribution is -0.130. The van der Waals surface area contributed by atoms with E-state index in [9.17, 15) is 9.59 Å². The van der Waals surface area contributed by atoms with Crippen LogP contribution >= 0.6 is 11.8 Å². The number of rotatable bonds is 7. The van der Waals surface area contributed by atoms with Gasteiger partial charge in [0.1, 0.15) is 5.37 Å². The number of hydrogen-bond donors (Lipinski definition) is 1. The highest BCUT2D eigenvalue weighted by molar-refractivity contribution is 8.01. The molecule has 1 fully saturated rings. The highest BCUT2D eigenvalue weighted by atomic mass is 32.2. The maximum Gasteiger partial charge on any atom is 0.317 e. The fraction of sp³-hybridized carbons (Fsp3) is 0.600. The molecule has 1 saturated heterocycles. The van der Waals surface area contributed by atoms with Gasteiger partial charge in [0.25, 0.3) is 0 Å². The van der Waals surface area contributed by atoms with Crippen LogP contribution < -0.4 is 5.32 Å². The smallest absolute Gasteiger partial charge is 0.317 e. The highest BCUT2D eigenvalue weighted by Gasteiger charge is 2.39. The average molecular weight is 378 g/mol. The van der Waals surface area contributed by atoms with E-state index in [1.165, 1.54) is 11.1 Å². The molecule has 5 nitrogen and oxygen atoms in total. The monoisotopic (exact) mass is 377 g/mol. The Morgan fingerprint density at radius 2 is 2.04 bits per heavy atom. The molecule has 0 unspecified atom stereocenters. The maximum atomic E-state index is 12.7. The van der Waals surface area contributed by atoms with E-state index in [1.807, 2.05) is 49.6 Å². The topological polar surface area (TPSA) is 52.7 Å². The quantitative estimate of drug-likeness (QED) is 0.787. The fourth-order valence-corrected chi connectivity index (χ4v) is 4.56. The first kappa shape index (κ1) is 20.6. The zero-order chi connectivity index (χ0) is 19.3. The zero-order valence-corrected chi connectivity index (χ0v) is 17.3. The van der Waals surface area contributed by atoms with Crippen LogP contribution in [0.4, 0.5) is 4.79 Å². The molecule has 1 aromatic carbocycles. The van der Waals surface area contributed by atoms with E-state index in [4.69, 9.17) is 0 Å². The van der Waals surface area contributed by atoms with Crippen molar-refractivity contribution >= 4 is 23.7 Å². The molecule has 0 aromatic heterocycles. The maximum absolute atomic E-state index is 12.7.